The van der Waals surface area contributed by atoms with Gasteiger partial charge in [0.05, 0.1) is 0 Å². The molecule has 1 N–H and O–H groups in total. The van der Waals surface area contributed by atoms with Gasteiger partial charge in [-0.1, -0.05) is 39.0 Å². The SMILES string of the molecule is CC(CNC(C)C)Cc1ccccc1F. The van der Waals surface area contributed by atoms with Gasteiger partial charge >= 0.3 is 0 Å². The smallest absolute Gasteiger partial charge is 0.126 e. The van der Waals surface area contributed by atoms with Crippen LogP contribution in [0.4, 0.5) is 4.39 Å². The molecule has 1 aromatic carbocycles. The van der Waals surface area contributed by atoms with Crippen LogP contribution in [-0.2, 0) is 6.42 Å². The van der Waals surface area contributed by atoms with Crippen molar-refractivity contribution in [1.82, 2.24) is 5.32 Å². The highest BCUT2D eigenvalue weighted by molar-refractivity contribution is 5.17. The molecule has 0 aliphatic rings. The van der Waals surface area contributed by atoms with E-state index in [1.54, 1.807) is 6.07 Å². The summed E-state index contributed by atoms with van der Waals surface area (Å²) >= 11 is 0. The summed E-state index contributed by atoms with van der Waals surface area (Å²) in [5, 5.41) is 3.36. The predicted octanol–water partition coefficient (Wildman–Crippen LogP) is 3.00. The first-order valence-corrected chi connectivity index (χ1v) is 5.56. The fraction of sp³-hybridized carbons (Fsp3) is 0.538. The number of nitrogens with one attached hydrogen (secondary N) is 1. The Hall–Kier alpha value is -0.890. The normalized spacial score (nSPS) is 13.1. The van der Waals surface area contributed by atoms with Gasteiger partial charge in [-0.25, -0.2) is 4.39 Å². The molecule has 84 valence electrons. The summed E-state index contributed by atoms with van der Waals surface area (Å²) in [6.45, 7) is 7.32. The maximum atomic E-state index is 13.3. The summed E-state index contributed by atoms with van der Waals surface area (Å²) in [5.41, 5.74) is 0.815. The van der Waals surface area contributed by atoms with Gasteiger partial charge in [0.2, 0.25) is 0 Å². The van der Waals surface area contributed by atoms with Crippen molar-refractivity contribution in [2.24, 2.45) is 5.92 Å². The summed E-state index contributed by atoms with van der Waals surface area (Å²) in [6.07, 6.45) is 0.798. The van der Waals surface area contributed by atoms with Crippen molar-refractivity contribution >= 4 is 0 Å². The Balaban J connectivity index is 2.44. The lowest BCUT2D eigenvalue weighted by atomic mass is 10.0. The van der Waals surface area contributed by atoms with Crippen LogP contribution < -0.4 is 5.32 Å². The molecule has 1 nitrogen and oxygen atoms in total. The van der Waals surface area contributed by atoms with E-state index < -0.39 is 0 Å². The van der Waals surface area contributed by atoms with Crippen LogP contribution in [0.2, 0.25) is 0 Å². The summed E-state index contributed by atoms with van der Waals surface area (Å²) in [5.74, 6) is 0.373. The Morgan fingerprint density at radius 1 is 1.20 bits per heavy atom. The molecule has 1 unspecified atom stereocenters. The molecule has 0 aliphatic carbocycles. The van der Waals surface area contributed by atoms with Crippen molar-refractivity contribution in [3.63, 3.8) is 0 Å². The molecule has 0 saturated carbocycles. The van der Waals surface area contributed by atoms with Gasteiger partial charge in [0, 0.05) is 6.04 Å². The third-order valence-electron chi connectivity index (χ3n) is 2.40. The number of hydrogen-bond donors (Lipinski definition) is 1. The topological polar surface area (TPSA) is 12.0 Å². The molecule has 15 heavy (non-hydrogen) atoms. The summed E-state index contributed by atoms with van der Waals surface area (Å²) < 4.78 is 13.3. The van der Waals surface area contributed by atoms with Crippen LogP contribution in [0, 0.1) is 11.7 Å². The van der Waals surface area contributed by atoms with E-state index in [-0.39, 0.29) is 5.82 Å². The van der Waals surface area contributed by atoms with Crippen molar-refractivity contribution in [3.8, 4) is 0 Å². The highest BCUT2D eigenvalue weighted by Gasteiger charge is 2.07. The minimum absolute atomic E-state index is 0.0890. The highest BCUT2D eigenvalue weighted by Crippen LogP contribution is 2.11. The largest absolute Gasteiger partial charge is 0.314 e. The first-order chi connectivity index (χ1) is 7.09. The van der Waals surface area contributed by atoms with Crippen LogP contribution in [0.1, 0.15) is 26.3 Å². The lowest BCUT2D eigenvalue weighted by Crippen LogP contribution is -2.28. The number of rotatable bonds is 5. The zero-order chi connectivity index (χ0) is 11.3. The third-order valence-corrected chi connectivity index (χ3v) is 2.40. The van der Waals surface area contributed by atoms with E-state index in [9.17, 15) is 4.39 Å². The molecule has 0 heterocycles. The molecule has 0 bridgehead atoms. The fourth-order valence-electron chi connectivity index (χ4n) is 1.55. The van der Waals surface area contributed by atoms with Crippen molar-refractivity contribution in [2.75, 3.05) is 6.54 Å². The van der Waals surface area contributed by atoms with Gasteiger partial charge in [0.25, 0.3) is 0 Å². The Morgan fingerprint density at radius 3 is 2.47 bits per heavy atom. The fourth-order valence-corrected chi connectivity index (χ4v) is 1.55. The molecule has 0 aliphatic heterocycles. The molecule has 0 aromatic heterocycles. The highest BCUT2D eigenvalue weighted by atomic mass is 19.1. The number of benzene rings is 1. The molecule has 0 amide bonds. The van der Waals surface area contributed by atoms with Crippen molar-refractivity contribution in [3.05, 3.63) is 35.6 Å². The van der Waals surface area contributed by atoms with E-state index in [2.05, 4.69) is 26.1 Å². The van der Waals surface area contributed by atoms with Crippen LogP contribution in [0.3, 0.4) is 0 Å². The molecule has 1 aromatic rings. The van der Waals surface area contributed by atoms with E-state index in [1.165, 1.54) is 6.07 Å². The van der Waals surface area contributed by atoms with Gasteiger partial charge in [-0.05, 0) is 30.5 Å². The Bertz CT molecular complexity index is 296. The van der Waals surface area contributed by atoms with E-state index in [1.807, 2.05) is 12.1 Å². The van der Waals surface area contributed by atoms with Crippen molar-refractivity contribution < 1.29 is 4.39 Å². The van der Waals surface area contributed by atoms with Crippen molar-refractivity contribution in [1.29, 1.82) is 0 Å². The van der Waals surface area contributed by atoms with Crippen LogP contribution in [0.25, 0.3) is 0 Å². The molecule has 0 spiro atoms. The van der Waals surface area contributed by atoms with E-state index >= 15 is 0 Å². The van der Waals surface area contributed by atoms with Crippen LogP contribution in [0.15, 0.2) is 24.3 Å². The van der Waals surface area contributed by atoms with E-state index in [0.29, 0.717) is 12.0 Å². The zero-order valence-electron chi connectivity index (χ0n) is 9.76. The average molecular weight is 209 g/mol. The molecular weight excluding hydrogens is 189 g/mol. The predicted molar refractivity (Wildman–Crippen MR) is 62.4 cm³/mol. The molecule has 0 saturated heterocycles. The molecule has 0 radical (unpaired) electrons. The van der Waals surface area contributed by atoms with Gasteiger partial charge in [-0.2, -0.15) is 0 Å². The minimum atomic E-state index is -0.0890. The monoisotopic (exact) mass is 209 g/mol. The maximum absolute atomic E-state index is 13.3. The summed E-state index contributed by atoms with van der Waals surface area (Å²) in [4.78, 5) is 0. The quantitative estimate of drug-likeness (QED) is 0.786. The molecule has 1 atom stereocenters. The lowest BCUT2D eigenvalue weighted by molar-refractivity contribution is 0.467. The van der Waals surface area contributed by atoms with Gasteiger partial charge in [0.15, 0.2) is 0 Å². The molecule has 1 rings (SSSR count). The van der Waals surface area contributed by atoms with E-state index in [0.717, 1.165) is 18.5 Å². The number of halogens is 1. The second kappa shape index (κ2) is 5.86. The third kappa shape index (κ3) is 4.43. The maximum Gasteiger partial charge on any atom is 0.126 e. The van der Waals surface area contributed by atoms with Gasteiger partial charge in [-0.3, -0.25) is 0 Å². The van der Waals surface area contributed by atoms with Gasteiger partial charge < -0.3 is 5.32 Å². The zero-order valence-corrected chi connectivity index (χ0v) is 9.76. The minimum Gasteiger partial charge on any atom is -0.314 e. The molecular formula is C13H20FN. The summed E-state index contributed by atoms with van der Waals surface area (Å²) in [6, 6.07) is 7.50. The van der Waals surface area contributed by atoms with Crippen molar-refractivity contribution in [2.45, 2.75) is 33.2 Å². The molecule has 0 fully saturated rings. The van der Waals surface area contributed by atoms with E-state index in [4.69, 9.17) is 0 Å². The second-order valence-corrected chi connectivity index (χ2v) is 4.46. The average Bonchev–Trinajstić information content (AvgIpc) is 2.18. The lowest BCUT2D eigenvalue weighted by Gasteiger charge is -2.15. The molecule has 2 heteroatoms. The van der Waals surface area contributed by atoms with Crippen LogP contribution in [-0.4, -0.2) is 12.6 Å². The Morgan fingerprint density at radius 2 is 1.87 bits per heavy atom. The first-order valence-electron chi connectivity index (χ1n) is 5.56. The standard InChI is InChI=1S/C13H20FN/c1-10(2)15-9-11(3)8-12-6-4-5-7-13(12)14/h4-7,10-11,15H,8-9H2,1-3H3. The number of hydrogen-bond acceptors (Lipinski definition) is 1. The van der Waals surface area contributed by atoms with Gasteiger partial charge in [0.1, 0.15) is 5.82 Å². The summed E-state index contributed by atoms with van der Waals surface area (Å²) in [7, 11) is 0. The van der Waals surface area contributed by atoms with Crippen LogP contribution >= 0.6 is 0 Å². The second-order valence-electron chi connectivity index (χ2n) is 4.46. The Kier molecular flexibility index (Phi) is 4.76. The van der Waals surface area contributed by atoms with Gasteiger partial charge in [-0.15, -0.1) is 0 Å². The Labute approximate surface area is 91.7 Å². The first kappa shape index (κ1) is 12.2. The van der Waals surface area contributed by atoms with Crippen LogP contribution in [0.5, 0.6) is 0 Å².